The van der Waals surface area contributed by atoms with Crippen LogP contribution >= 0.6 is 23.6 Å². The lowest BCUT2D eigenvalue weighted by Gasteiger charge is -2.11. The molecule has 1 amide bonds. The number of aromatic amines is 1. The lowest BCUT2D eigenvalue weighted by Crippen LogP contribution is -2.24. The van der Waals surface area contributed by atoms with Crippen LogP contribution in [-0.4, -0.2) is 34.9 Å². The number of methoxy groups -OCH3 is 2. The molecule has 9 heteroatoms. The third kappa shape index (κ3) is 4.55. The van der Waals surface area contributed by atoms with Gasteiger partial charge in [0, 0.05) is 19.5 Å². The van der Waals surface area contributed by atoms with E-state index in [1.165, 1.54) is 0 Å². The number of nitrogens with zero attached hydrogens (tertiary/aromatic N) is 2. The highest BCUT2D eigenvalue weighted by Crippen LogP contribution is 2.27. The van der Waals surface area contributed by atoms with Crippen molar-refractivity contribution in [1.82, 2.24) is 20.1 Å². The largest absolute Gasteiger partial charge is 0.493 e. The number of thiophene rings is 1. The fourth-order valence-corrected chi connectivity index (χ4v) is 3.56. The maximum Gasteiger partial charge on any atom is 0.222 e. The summed E-state index contributed by atoms with van der Waals surface area (Å²) < 4.78 is 12.8. The molecule has 0 saturated heterocycles. The predicted octanol–water partition coefficient (Wildman–Crippen LogP) is 3.39. The minimum absolute atomic E-state index is 0.0648. The lowest BCUT2D eigenvalue weighted by atomic mass is 10.2. The topological polar surface area (TPSA) is 81.2 Å². The van der Waals surface area contributed by atoms with Crippen molar-refractivity contribution in [3.63, 3.8) is 0 Å². The molecule has 0 saturated carbocycles. The summed E-state index contributed by atoms with van der Waals surface area (Å²) in [5.74, 6) is 1.98. The van der Waals surface area contributed by atoms with E-state index in [-0.39, 0.29) is 5.91 Å². The monoisotopic (exact) mass is 404 g/mol. The number of nitrogens with one attached hydrogen (secondary N) is 2. The first-order valence-electron chi connectivity index (χ1n) is 8.29. The molecule has 0 aliphatic heterocycles. The van der Waals surface area contributed by atoms with Crippen LogP contribution in [0.5, 0.6) is 11.5 Å². The number of hydrogen-bond acceptors (Lipinski definition) is 6. The normalized spacial score (nSPS) is 10.6. The maximum atomic E-state index is 12.3. The van der Waals surface area contributed by atoms with Crippen LogP contribution in [0.2, 0.25) is 0 Å². The quantitative estimate of drug-likeness (QED) is 0.563. The zero-order valence-corrected chi connectivity index (χ0v) is 16.7. The standard InChI is InChI=1S/C18H20N4O3S2/c1-24-13-6-5-12(10-14(13)25-2)11-19-16(23)7-8-22-17(20-21-18(22)26)15-4-3-9-27-15/h3-6,9-10H,7-8,11H2,1-2H3,(H,19,23)(H,21,26). The summed E-state index contributed by atoms with van der Waals surface area (Å²) in [6.45, 7) is 0.869. The number of hydrogen-bond donors (Lipinski definition) is 2. The Bertz CT molecular complexity index is 963. The molecule has 7 nitrogen and oxygen atoms in total. The van der Waals surface area contributed by atoms with Gasteiger partial charge < -0.3 is 14.8 Å². The molecule has 27 heavy (non-hydrogen) atoms. The molecule has 0 spiro atoms. The van der Waals surface area contributed by atoms with E-state index < -0.39 is 0 Å². The van der Waals surface area contributed by atoms with Gasteiger partial charge in [0.05, 0.1) is 19.1 Å². The Labute approximate surface area is 165 Å². The molecule has 142 valence electrons. The summed E-state index contributed by atoms with van der Waals surface area (Å²) in [7, 11) is 3.17. The zero-order valence-electron chi connectivity index (χ0n) is 15.0. The summed E-state index contributed by atoms with van der Waals surface area (Å²) in [5.41, 5.74) is 0.931. The average Bonchev–Trinajstić information content (AvgIpc) is 3.34. The van der Waals surface area contributed by atoms with Crippen molar-refractivity contribution in [2.75, 3.05) is 14.2 Å². The van der Waals surface area contributed by atoms with Gasteiger partial charge in [-0.15, -0.1) is 11.3 Å². The van der Waals surface area contributed by atoms with Crippen LogP contribution in [-0.2, 0) is 17.9 Å². The third-order valence-corrected chi connectivity index (χ3v) is 5.18. The van der Waals surface area contributed by atoms with Crippen LogP contribution < -0.4 is 14.8 Å². The Morgan fingerprint density at radius 1 is 1.30 bits per heavy atom. The van der Waals surface area contributed by atoms with Crippen LogP contribution in [0.25, 0.3) is 10.7 Å². The minimum Gasteiger partial charge on any atom is -0.493 e. The first-order chi connectivity index (χ1) is 13.1. The summed E-state index contributed by atoms with van der Waals surface area (Å²) >= 11 is 6.86. The lowest BCUT2D eigenvalue weighted by molar-refractivity contribution is -0.121. The van der Waals surface area contributed by atoms with Crippen molar-refractivity contribution in [3.05, 3.63) is 46.0 Å². The second-order valence-electron chi connectivity index (χ2n) is 5.70. The van der Waals surface area contributed by atoms with E-state index in [0.717, 1.165) is 16.3 Å². The highest BCUT2D eigenvalue weighted by atomic mass is 32.1. The van der Waals surface area contributed by atoms with Gasteiger partial charge in [0.2, 0.25) is 5.91 Å². The maximum absolute atomic E-state index is 12.3. The summed E-state index contributed by atoms with van der Waals surface area (Å²) in [4.78, 5) is 13.3. The van der Waals surface area contributed by atoms with Crippen LogP contribution in [0.4, 0.5) is 0 Å². The number of carbonyl (C=O) groups is 1. The van der Waals surface area contributed by atoms with E-state index in [1.807, 2.05) is 40.3 Å². The van der Waals surface area contributed by atoms with Crippen LogP contribution in [0.15, 0.2) is 35.7 Å². The predicted molar refractivity (Wildman–Crippen MR) is 107 cm³/mol. The van der Waals surface area contributed by atoms with Crippen molar-refractivity contribution in [1.29, 1.82) is 0 Å². The van der Waals surface area contributed by atoms with Crippen LogP contribution in [0.1, 0.15) is 12.0 Å². The molecule has 0 bridgehead atoms. The number of aromatic nitrogens is 3. The first-order valence-corrected chi connectivity index (χ1v) is 9.58. The summed E-state index contributed by atoms with van der Waals surface area (Å²) in [5, 5.41) is 12.0. The Morgan fingerprint density at radius 2 is 2.11 bits per heavy atom. The summed E-state index contributed by atoms with van der Waals surface area (Å²) in [6.07, 6.45) is 0.305. The minimum atomic E-state index is -0.0648. The number of H-pyrrole nitrogens is 1. The van der Waals surface area contributed by atoms with Crippen LogP contribution in [0.3, 0.4) is 0 Å². The number of rotatable bonds is 8. The molecule has 3 rings (SSSR count). The molecular formula is C18H20N4O3S2. The molecule has 0 fully saturated rings. The molecule has 0 atom stereocenters. The molecule has 2 heterocycles. The number of benzene rings is 1. The van der Waals surface area contributed by atoms with Gasteiger partial charge in [-0.1, -0.05) is 12.1 Å². The molecule has 0 radical (unpaired) electrons. The molecule has 3 aromatic rings. The number of ether oxygens (including phenoxy) is 2. The smallest absolute Gasteiger partial charge is 0.222 e. The summed E-state index contributed by atoms with van der Waals surface area (Å²) in [6, 6.07) is 9.49. The van der Waals surface area contributed by atoms with E-state index in [0.29, 0.717) is 35.8 Å². The Morgan fingerprint density at radius 3 is 2.81 bits per heavy atom. The third-order valence-electron chi connectivity index (χ3n) is 4.00. The van der Waals surface area contributed by atoms with Crippen LogP contribution in [0, 0.1) is 4.77 Å². The first kappa shape index (κ1) is 19.1. The Balaban J connectivity index is 1.58. The molecule has 0 aliphatic rings. The van der Waals surface area contributed by atoms with Crippen molar-refractivity contribution < 1.29 is 14.3 Å². The molecule has 1 aromatic carbocycles. The van der Waals surface area contributed by atoms with E-state index in [2.05, 4.69) is 15.5 Å². The van der Waals surface area contributed by atoms with E-state index in [4.69, 9.17) is 21.7 Å². The van der Waals surface area contributed by atoms with Gasteiger partial charge >= 0.3 is 0 Å². The second kappa shape index (κ2) is 8.83. The molecular weight excluding hydrogens is 384 g/mol. The van der Waals surface area contributed by atoms with Gasteiger partial charge in [-0.25, -0.2) is 0 Å². The highest BCUT2D eigenvalue weighted by Gasteiger charge is 2.12. The van der Waals surface area contributed by atoms with Gasteiger partial charge in [0.25, 0.3) is 0 Å². The van der Waals surface area contributed by atoms with Crippen molar-refractivity contribution in [2.45, 2.75) is 19.5 Å². The van der Waals surface area contributed by atoms with Crippen molar-refractivity contribution in [2.24, 2.45) is 0 Å². The fourth-order valence-electron chi connectivity index (χ4n) is 2.61. The second-order valence-corrected chi connectivity index (χ2v) is 7.03. The Hall–Kier alpha value is -2.65. The van der Waals surface area contributed by atoms with Gasteiger partial charge in [0.15, 0.2) is 22.1 Å². The van der Waals surface area contributed by atoms with Gasteiger partial charge in [-0.2, -0.15) is 5.10 Å². The van der Waals surface area contributed by atoms with E-state index >= 15 is 0 Å². The van der Waals surface area contributed by atoms with E-state index in [9.17, 15) is 4.79 Å². The fraction of sp³-hybridized carbons (Fsp3) is 0.278. The van der Waals surface area contributed by atoms with Gasteiger partial charge in [0.1, 0.15) is 0 Å². The average molecular weight is 405 g/mol. The number of amides is 1. The molecule has 0 unspecified atom stereocenters. The van der Waals surface area contributed by atoms with Crippen molar-refractivity contribution >= 4 is 29.5 Å². The molecule has 2 N–H and O–H groups in total. The molecule has 0 aliphatic carbocycles. The number of carbonyl (C=O) groups excluding carboxylic acids is 1. The molecule has 2 aromatic heterocycles. The zero-order chi connectivity index (χ0) is 19.2. The highest BCUT2D eigenvalue weighted by molar-refractivity contribution is 7.71. The van der Waals surface area contributed by atoms with Gasteiger partial charge in [-0.3, -0.25) is 14.5 Å². The Kier molecular flexibility index (Phi) is 6.25. The van der Waals surface area contributed by atoms with Crippen molar-refractivity contribution in [3.8, 4) is 22.2 Å². The van der Waals surface area contributed by atoms with E-state index in [1.54, 1.807) is 25.6 Å². The van der Waals surface area contributed by atoms with Gasteiger partial charge in [-0.05, 0) is 41.4 Å². The SMILES string of the molecule is COc1ccc(CNC(=O)CCn2c(-c3cccs3)n[nH]c2=S)cc1OC.